The van der Waals surface area contributed by atoms with Crippen molar-refractivity contribution in [2.45, 2.75) is 29.2 Å². The van der Waals surface area contributed by atoms with Gasteiger partial charge in [-0.25, -0.2) is 13.1 Å². The molecule has 1 aliphatic rings. The van der Waals surface area contributed by atoms with Crippen LogP contribution in [-0.4, -0.2) is 20.0 Å². The highest BCUT2D eigenvalue weighted by Crippen LogP contribution is 2.36. The van der Waals surface area contributed by atoms with Gasteiger partial charge in [0.1, 0.15) is 0 Å². The van der Waals surface area contributed by atoms with Gasteiger partial charge in [-0.05, 0) is 42.9 Å². The molecule has 0 unspecified atom stereocenters. The molecule has 1 aliphatic heterocycles. The average Bonchev–Trinajstić information content (AvgIpc) is 2.55. The maximum absolute atomic E-state index is 12.6. The molecular formula is C17H17NO3S2. The lowest BCUT2D eigenvalue weighted by atomic mass is 10.1. The number of hydrogen-bond acceptors (Lipinski definition) is 4. The fraction of sp³-hybridized carbons (Fsp3) is 0.235. The highest BCUT2D eigenvalue weighted by molar-refractivity contribution is 7.99. The van der Waals surface area contributed by atoms with Gasteiger partial charge in [0.2, 0.25) is 10.0 Å². The molecule has 0 spiro atoms. The van der Waals surface area contributed by atoms with Gasteiger partial charge in [-0.1, -0.05) is 30.3 Å². The molecule has 2 aromatic carbocycles. The number of rotatable bonds is 4. The van der Waals surface area contributed by atoms with Gasteiger partial charge in [0, 0.05) is 16.5 Å². The van der Waals surface area contributed by atoms with E-state index in [0.717, 1.165) is 22.6 Å². The van der Waals surface area contributed by atoms with Gasteiger partial charge >= 0.3 is 0 Å². The van der Waals surface area contributed by atoms with Gasteiger partial charge in [0.05, 0.1) is 4.90 Å². The standard InChI is InChI=1S/C17H17NO3S2/c1-12(19)13-6-8-14(9-7-13)23(20,21)18-16-10-11-22-17-5-3-2-4-15(16)17/h2-9,16,18H,10-11H2,1H3/t16-/m1/s1. The van der Waals surface area contributed by atoms with Crippen LogP contribution in [0.5, 0.6) is 0 Å². The quantitative estimate of drug-likeness (QED) is 0.861. The fourth-order valence-corrected chi connectivity index (χ4v) is 4.96. The summed E-state index contributed by atoms with van der Waals surface area (Å²) in [6.45, 7) is 1.46. The fourth-order valence-electron chi connectivity index (χ4n) is 2.59. The summed E-state index contributed by atoms with van der Waals surface area (Å²) in [7, 11) is -3.62. The van der Waals surface area contributed by atoms with E-state index >= 15 is 0 Å². The zero-order valence-corrected chi connectivity index (χ0v) is 14.3. The lowest BCUT2D eigenvalue weighted by Gasteiger charge is -2.25. The molecule has 1 atom stereocenters. The summed E-state index contributed by atoms with van der Waals surface area (Å²) in [6.07, 6.45) is 0.756. The Morgan fingerprint density at radius 1 is 1.13 bits per heavy atom. The van der Waals surface area contributed by atoms with Crippen molar-refractivity contribution in [1.82, 2.24) is 4.72 Å². The molecule has 0 saturated carbocycles. The van der Waals surface area contributed by atoms with Crippen molar-refractivity contribution in [3.8, 4) is 0 Å². The topological polar surface area (TPSA) is 63.2 Å². The van der Waals surface area contributed by atoms with Gasteiger partial charge in [-0.3, -0.25) is 4.79 Å². The summed E-state index contributed by atoms with van der Waals surface area (Å²) >= 11 is 1.75. The van der Waals surface area contributed by atoms with Crippen LogP contribution < -0.4 is 4.72 Å². The van der Waals surface area contributed by atoms with Crippen molar-refractivity contribution < 1.29 is 13.2 Å². The monoisotopic (exact) mass is 347 g/mol. The van der Waals surface area contributed by atoms with Gasteiger partial charge in [0.15, 0.2) is 5.78 Å². The first-order chi connectivity index (χ1) is 11.0. The van der Waals surface area contributed by atoms with E-state index in [2.05, 4.69) is 4.72 Å². The lowest BCUT2D eigenvalue weighted by Crippen LogP contribution is -2.30. The number of thioether (sulfide) groups is 1. The molecule has 6 heteroatoms. The first-order valence-corrected chi connectivity index (χ1v) is 9.79. The molecule has 0 fully saturated rings. The van der Waals surface area contributed by atoms with Crippen molar-refractivity contribution in [3.05, 3.63) is 59.7 Å². The number of carbonyl (C=O) groups excluding carboxylic acids is 1. The minimum absolute atomic E-state index is 0.0832. The Labute approximate surface area is 140 Å². The summed E-state index contributed by atoms with van der Waals surface area (Å²) in [4.78, 5) is 12.6. The largest absolute Gasteiger partial charge is 0.295 e. The van der Waals surface area contributed by atoms with E-state index in [4.69, 9.17) is 0 Å². The minimum atomic E-state index is -3.62. The molecule has 0 radical (unpaired) electrons. The second kappa shape index (κ2) is 6.47. The van der Waals surface area contributed by atoms with E-state index in [9.17, 15) is 13.2 Å². The molecule has 0 aromatic heterocycles. The van der Waals surface area contributed by atoms with Crippen molar-refractivity contribution in [2.75, 3.05) is 5.75 Å². The van der Waals surface area contributed by atoms with Crippen LogP contribution in [0.15, 0.2) is 58.3 Å². The maximum atomic E-state index is 12.6. The zero-order valence-electron chi connectivity index (χ0n) is 12.7. The number of fused-ring (bicyclic) bond motifs is 1. The van der Waals surface area contributed by atoms with Crippen LogP contribution in [-0.2, 0) is 10.0 Å². The maximum Gasteiger partial charge on any atom is 0.241 e. The summed E-state index contributed by atoms with van der Waals surface area (Å²) in [6, 6.07) is 13.7. The number of carbonyl (C=O) groups is 1. The molecule has 23 heavy (non-hydrogen) atoms. The van der Waals surface area contributed by atoms with E-state index < -0.39 is 10.0 Å². The van der Waals surface area contributed by atoms with E-state index in [1.807, 2.05) is 24.3 Å². The number of benzene rings is 2. The Morgan fingerprint density at radius 3 is 2.52 bits per heavy atom. The van der Waals surface area contributed by atoms with Crippen LogP contribution in [0.2, 0.25) is 0 Å². The third kappa shape index (κ3) is 3.49. The molecule has 0 bridgehead atoms. The normalized spacial score (nSPS) is 17.5. The van der Waals surface area contributed by atoms with Gasteiger partial charge in [0.25, 0.3) is 0 Å². The van der Waals surface area contributed by atoms with E-state index in [1.165, 1.54) is 19.1 Å². The Balaban J connectivity index is 1.86. The zero-order chi connectivity index (χ0) is 16.4. The van der Waals surface area contributed by atoms with Crippen LogP contribution in [0.25, 0.3) is 0 Å². The van der Waals surface area contributed by atoms with Crippen molar-refractivity contribution in [3.63, 3.8) is 0 Å². The van der Waals surface area contributed by atoms with E-state index in [1.54, 1.807) is 23.9 Å². The van der Waals surface area contributed by atoms with Crippen molar-refractivity contribution in [1.29, 1.82) is 0 Å². The average molecular weight is 347 g/mol. The Hall–Kier alpha value is -1.63. The molecular weight excluding hydrogens is 330 g/mol. The van der Waals surface area contributed by atoms with Gasteiger partial charge in [-0.2, -0.15) is 0 Å². The number of Topliss-reactive ketones (excluding diaryl/α,β-unsaturated/α-hetero) is 1. The van der Waals surface area contributed by atoms with Crippen LogP contribution >= 0.6 is 11.8 Å². The molecule has 0 amide bonds. The third-order valence-corrected chi connectivity index (χ3v) is 6.44. The molecule has 0 aliphatic carbocycles. The first-order valence-electron chi connectivity index (χ1n) is 7.32. The summed E-state index contributed by atoms with van der Waals surface area (Å²) in [5, 5.41) is 0. The van der Waals surface area contributed by atoms with E-state index in [-0.39, 0.29) is 16.7 Å². The minimum Gasteiger partial charge on any atom is -0.295 e. The van der Waals surface area contributed by atoms with Gasteiger partial charge < -0.3 is 0 Å². The van der Waals surface area contributed by atoms with Crippen LogP contribution in [0.3, 0.4) is 0 Å². The molecule has 2 aromatic rings. The van der Waals surface area contributed by atoms with Crippen molar-refractivity contribution in [2.24, 2.45) is 0 Å². The molecule has 1 heterocycles. The SMILES string of the molecule is CC(=O)c1ccc(S(=O)(=O)N[C@@H]2CCSc3ccccc32)cc1. The molecule has 1 N–H and O–H groups in total. The first kappa shape index (κ1) is 16.2. The van der Waals surface area contributed by atoms with Crippen LogP contribution in [0, 0.1) is 0 Å². The lowest BCUT2D eigenvalue weighted by molar-refractivity contribution is 0.101. The predicted octanol–water partition coefficient (Wildman–Crippen LogP) is 3.40. The third-order valence-electron chi connectivity index (χ3n) is 3.83. The number of nitrogens with one attached hydrogen (secondary N) is 1. The highest BCUT2D eigenvalue weighted by Gasteiger charge is 2.25. The molecule has 120 valence electrons. The summed E-state index contributed by atoms with van der Waals surface area (Å²) in [5.41, 5.74) is 1.52. The molecule has 0 saturated heterocycles. The van der Waals surface area contributed by atoms with Crippen LogP contribution in [0.1, 0.15) is 35.3 Å². The summed E-state index contributed by atoms with van der Waals surface area (Å²) < 4.78 is 28.0. The second-order valence-corrected chi connectivity index (χ2v) is 8.28. The molecule has 3 rings (SSSR count). The summed E-state index contributed by atoms with van der Waals surface area (Å²) in [5.74, 6) is 0.799. The Kier molecular flexibility index (Phi) is 4.57. The highest BCUT2D eigenvalue weighted by atomic mass is 32.2. The number of hydrogen-bond donors (Lipinski definition) is 1. The number of sulfonamides is 1. The van der Waals surface area contributed by atoms with Crippen molar-refractivity contribution >= 4 is 27.6 Å². The molecule has 4 nitrogen and oxygen atoms in total. The predicted molar refractivity (Wildman–Crippen MR) is 91.3 cm³/mol. The Bertz CT molecular complexity index is 829. The Morgan fingerprint density at radius 2 is 1.83 bits per heavy atom. The second-order valence-electron chi connectivity index (χ2n) is 5.43. The smallest absolute Gasteiger partial charge is 0.241 e. The number of ketones is 1. The van der Waals surface area contributed by atoms with Gasteiger partial charge in [-0.15, -0.1) is 11.8 Å². The van der Waals surface area contributed by atoms with Crippen LogP contribution in [0.4, 0.5) is 0 Å². The van der Waals surface area contributed by atoms with E-state index in [0.29, 0.717) is 5.56 Å².